The summed E-state index contributed by atoms with van der Waals surface area (Å²) in [5.41, 5.74) is 1.22. The zero-order valence-corrected chi connectivity index (χ0v) is 17.5. The van der Waals surface area contributed by atoms with Crippen LogP contribution >= 0.6 is 15.9 Å². The molecule has 1 saturated heterocycles. The average Bonchev–Trinajstić information content (AvgIpc) is 3.38. The molecule has 1 N–H and O–H groups in total. The maximum atomic E-state index is 13.2. The van der Waals surface area contributed by atoms with Crippen molar-refractivity contribution in [3.63, 3.8) is 0 Å². The Kier molecular flexibility index (Phi) is 6.06. The smallest absolute Gasteiger partial charge is 0.243 e. The molecule has 1 aliphatic carbocycles. The topological polar surface area (TPSA) is 49.4 Å². The molecule has 2 fully saturated rings. The van der Waals surface area contributed by atoms with Gasteiger partial charge in [0.15, 0.2) is 0 Å². The van der Waals surface area contributed by atoms with E-state index in [1.165, 1.54) is 5.56 Å². The number of halogens is 1. The van der Waals surface area contributed by atoms with Gasteiger partial charge in [0.25, 0.3) is 0 Å². The molecule has 4 nitrogen and oxygen atoms in total. The molecule has 3 rings (SSSR count). The predicted octanol–water partition coefficient (Wildman–Crippen LogP) is 4.09. The second-order valence-electron chi connectivity index (χ2n) is 8.13. The second-order valence-corrected chi connectivity index (χ2v) is 9.05. The largest absolute Gasteiger partial charge is 0.350 e. The average molecular weight is 421 g/mol. The van der Waals surface area contributed by atoms with Crippen molar-refractivity contribution >= 4 is 27.7 Å². The molecule has 1 aromatic rings. The normalized spacial score (nSPS) is 28.2. The Morgan fingerprint density at radius 3 is 2.62 bits per heavy atom. The fraction of sp³-hybridized carbons (Fsp3) is 0.619. The van der Waals surface area contributed by atoms with E-state index < -0.39 is 0 Å². The fourth-order valence-corrected chi connectivity index (χ4v) is 4.31. The Morgan fingerprint density at radius 1 is 1.31 bits per heavy atom. The highest BCUT2D eigenvalue weighted by Crippen LogP contribution is 2.49. The summed E-state index contributed by atoms with van der Waals surface area (Å²) < 4.78 is 1.05. The summed E-state index contributed by atoms with van der Waals surface area (Å²) in [6.07, 6.45) is 3.55. The van der Waals surface area contributed by atoms with Gasteiger partial charge in [-0.2, -0.15) is 0 Å². The van der Waals surface area contributed by atoms with Crippen LogP contribution in [0.5, 0.6) is 0 Å². The van der Waals surface area contributed by atoms with Crippen molar-refractivity contribution in [1.82, 2.24) is 10.2 Å². The summed E-state index contributed by atoms with van der Waals surface area (Å²) in [5.74, 6) is 0.895. The van der Waals surface area contributed by atoms with Gasteiger partial charge in [-0.15, -0.1) is 0 Å². The van der Waals surface area contributed by atoms with Gasteiger partial charge in [-0.3, -0.25) is 9.59 Å². The molecule has 0 spiro atoms. The molecule has 1 aromatic carbocycles. The third kappa shape index (κ3) is 4.30. The Balaban J connectivity index is 1.73. The molecule has 0 bridgehead atoms. The first-order chi connectivity index (χ1) is 12.4. The number of benzene rings is 1. The highest BCUT2D eigenvalue weighted by Gasteiger charge is 2.49. The second kappa shape index (κ2) is 8.12. The third-order valence-electron chi connectivity index (χ3n) is 5.46. The monoisotopic (exact) mass is 420 g/mol. The summed E-state index contributed by atoms with van der Waals surface area (Å²) in [7, 11) is 0. The van der Waals surface area contributed by atoms with E-state index in [1.54, 1.807) is 0 Å². The van der Waals surface area contributed by atoms with Gasteiger partial charge in [-0.05, 0) is 48.8 Å². The number of piperazine rings is 1. The van der Waals surface area contributed by atoms with Crippen LogP contribution in [0, 0.1) is 11.8 Å². The minimum Gasteiger partial charge on any atom is -0.350 e. The zero-order chi connectivity index (χ0) is 18.8. The van der Waals surface area contributed by atoms with Crippen LogP contribution in [0.1, 0.15) is 57.9 Å². The Hall–Kier alpha value is -1.36. The SMILES string of the molecule is CCCC1CN(C(=O)C2CC2c2ccc(Br)cc2)C(CC(C)C)C(=O)N1. The summed E-state index contributed by atoms with van der Waals surface area (Å²) in [4.78, 5) is 27.8. The van der Waals surface area contributed by atoms with Gasteiger partial charge in [0, 0.05) is 23.0 Å². The number of rotatable bonds is 6. The summed E-state index contributed by atoms with van der Waals surface area (Å²) >= 11 is 3.46. The van der Waals surface area contributed by atoms with E-state index in [1.807, 2.05) is 17.0 Å². The first kappa shape index (κ1) is 19.4. The van der Waals surface area contributed by atoms with E-state index in [4.69, 9.17) is 0 Å². The van der Waals surface area contributed by atoms with Crippen LogP contribution < -0.4 is 5.32 Å². The van der Waals surface area contributed by atoms with Crippen molar-refractivity contribution in [3.05, 3.63) is 34.3 Å². The van der Waals surface area contributed by atoms with E-state index in [-0.39, 0.29) is 29.8 Å². The number of nitrogens with zero attached hydrogens (tertiary/aromatic N) is 1. The lowest BCUT2D eigenvalue weighted by Gasteiger charge is -2.40. The maximum Gasteiger partial charge on any atom is 0.243 e. The molecule has 2 aliphatic rings. The summed E-state index contributed by atoms with van der Waals surface area (Å²) in [5, 5.41) is 3.13. The van der Waals surface area contributed by atoms with Crippen molar-refractivity contribution in [2.75, 3.05) is 6.54 Å². The molecule has 4 unspecified atom stereocenters. The summed E-state index contributed by atoms with van der Waals surface area (Å²) in [6, 6.07) is 8.02. The molecule has 26 heavy (non-hydrogen) atoms. The van der Waals surface area contributed by atoms with Gasteiger partial charge >= 0.3 is 0 Å². The molecule has 1 aliphatic heterocycles. The van der Waals surface area contributed by atoms with Gasteiger partial charge in [0.2, 0.25) is 11.8 Å². The number of carbonyl (C=O) groups excluding carboxylic acids is 2. The van der Waals surface area contributed by atoms with Crippen LogP contribution in [0.25, 0.3) is 0 Å². The van der Waals surface area contributed by atoms with E-state index in [0.717, 1.165) is 30.2 Å². The minimum absolute atomic E-state index is 0.0255. The number of carbonyl (C=O) groups is 2. The van der Waals surface area contributed by atoms with Gasteiger partial charge in [-0.25, -0.2) is 0 Å². The first-order valence-corrected chi connectivity index (χ1v) is 10.6. The lowest BCUT2D eigenvalue weighted by atomic mass is 9.96. The minimum atomic E-state index is -0.318. The molecule has 2 amide bonds. The van der Waals surface area contributed by atoms with E-state index in [0.29, 0.717) is 18.4 Å². The highest BCUT2D eigenvalue weighted by molar-refractivity contribution is 9.10. The van der Waals surface area contributed by atoms with Gasteiger partial charge in [0.05, 0.1) is 0 Å². The Bertz CT molecular complexity index is 658. The van der Waals surface area contributed by atoms with Gasteiger partial charge in [-0.1, -0.05) is 55.3 Å². The van der Waals surface area contributed by atoms with Crippen LogP contribution in [0.2, 0.25) is 0 Å². The molecule has 1 saturated carbocycles. The quantitative estimate of drug-likeness (QED) is 0.752. The molecule has 4 atom stereocenters. The van der Waals surface area contributed by atoms with E-state index in [2.05, 4.69) is 54.2 Å². The number of nitrogens with one attached hydrogen (secondary N) is 1. The van der Waals surface area contributed by atoms with Crippen LogP contribution in [-0.2, 0) is 9.59 Å². The van der Waals surface area contributed by atoms with Crippen molar-refractivity contribution in [3.8, 4) is 0 Å². The van der Waals surface area contributed by atoms with Gasteiger partial charge < -0.3 is 10.2 Å². The van der Waals surface area contributed by atoms with Crippen LogP contribution in [-0.4, -0.2) is 35.3 Å². The molecule has 0 aromatic heterocycles. The standard InChI is InChI=1S/C21H29BrN2O2/c1-4-5-16-12-24(19(10-13(2)3)20(25)23-16)21(26)18-11-17(18)14-6-8-15(22)9-7-14/h6-9,13,16-19H,4-5,10-12H2,1-3H3,(H,23,25). The third-order valence-corrected chi connectivity index (χ3v) is 5.99. The van der Waals surface area contributed by atoms with Gasteiger partial charge in [0.1, 0.15) is 6.04 Å². The van der Waals surface area contributed by atoms with Crippen LogP contribution in [0.4, 0.5) is 0 Å². The molecule has 5 heteroatoms. The van der Waals surface area contributed by atoms with E-state index in [9.17, 15) is 9.59 Å². The fourth-order valence-electron chi connectivity index (χ4n) is 4.04. The van der Waals surface area contributed by atoms with Crippen LogP contribution in [0.15, 0.2) is 28.7 Å². The van der Waals surface area contributed by atoms with Crippen molar-refractivity contribution in [2.45, 2.75) is 64.5 Å². The first-order valence-electron chi connectivity index (χ1n) is 9.77. The maximum absolute atomic E-state index is 13.2. The van der Waals surface area contributed by atoms with Crippen molar-refractivity contribution < 1.29 is 9.59 Å². The number of hydrogen-bond donors (Lipinski definition) is 1. The Morgan fingerprint density at radius 2 is 2.00 bits per heavy atom. The molecular formula is C21H29BrN2O2. The molecule has 142 valence electrons. The van der Waals surface area contributed by atoms with E-state index >= 15 is 0 Å². The Labute approximate surface area is 164 Å². The number of hydrogen-bond acceptors (Lipinski definition) is 2. The number of amides is 2. The van der Waals surface area contributed by atoms with Crippen molar-refractivity contribution in [1.29, 1.82) is 0 Å². The molecule has 1 heterocycles. The highest BCUT2D eigenvalue weighted by atomic mass is 79.9. The van der Waals surface area contributed by atoms with Crippen LogP contribution in [0.3, 0.4) is 0 Å². The van der Waals surface area contributed by atoms with Crippen molar-refractivity contribution in [2.24, 2.45) is 11.8 Å². The summed E-state index contributed by atoms with van der Waals surface area (Å²) in [6.45, 7) is 6.98. The molecular weight excluding hydrogens is 392 g/mol. The lowest BCUT2D eigenvalue weighted by Crippen LogP contribution is -2.62. The molecule has 0 radical (unpaired) electrons. The zero-order valence-electron chi connectivity index (χ0n) is 15.9. The predicted molar refractivity (Wildman–Crippen MR) is 107 cm³/mol. The lowest BCUT2D eigenvalue weighted by molar-refractivity contribution is -0.146.